The summed E-state index contributed by atoms with van der Waals surface area (Å²) in [7, 11) is 0. The minimum Gasteiger partial charge on any atom is -0.390 e. The van der Waals surface area contributed by atoms with Crippen molar-refractivity contribution in [3.63, 3.8) is 0 Å². The molecule has 1 atom stereocenters. The van der Waals surface area contributed by atoms with Gasteiger partial charge in [0.15, 0.2) is 0 Å². The molecule has 2 rings (SSSR count). The van der Waals surface area contributed by atoms with Gasteiger partial charge in [-0.1, -0.05) is 12.8 Å². The highest BCUT2D eigenvalue weighted by atomic mass is 16.5. The van der Waals surface area contributed by atoms with Crippen molar-refractivity contribution in [1.82, 2.24) is 0 Å². The topological polar surface area (TPSA) is 29.5 Å². The van der Waals surface area contributed by atoms with Gasteiger partial charge in [0.05, 0.1) is 5.60 Å². The third kappa shape index (κ3) is 2.96. The van der Waals surface area contributed by atoms with Crippen LogP contribution in [-0.4, -0.2) is 23.9 Å². The molecule has 0 aromatic rings. The Morgan fingerprint density at radius 2 is 2.08 bits per heavy atom. The number of rotatable bonds is 3. The fraction of sp³-hybridized carbons (Fsp3) is 1.00. The van der Waals surface area contributed by atoms with Crippen LogP contribution < -0.4 is 0 Å². The normalized spacial score (nSPS) is 35.8. The second-order valence-corrected chi connectivity index (χ2v) is 4.67. The van der Waals surface area contributed by atoms with Crippen molar-refractivity contribution in [2.24, 2.45) is 5.92 Å². The molecule has 1 saturated heterocycles. The van der Waals surface area contributed by atoms with Crippen LogP contribution in [0.25, 0.3) is 0 Å². The molecule has 0 amide bonds. The van der Waals surface area contributed by atoms with Crippen LogP contribution in [0, 0.1) is 5.92 Å². The van der Waals surface area contributed by atoms with Crippen LogP contribution in [0.4, 0.5) is 0 Å². The molecule has 1 unspecified atom stereocenters. The van der Waals surface area contributed by atoms with Crippen LogP contribution in [-0.2, 0) is 4.74 Å². The second kappa shape index (κ2) is 3.97. The molecule has 1 N–H and O–H groups in total. The molecule has 13 heavy (non-hydrogen) atoms. The lowest BCUT2D eigenvalue weighted by Gasteiger charge is -2.25. The zero-order valence-electron chi connectivity index (χ0n) is 8.30. The molecule has 2 heteroatoms. The van der Waals surface area contributed by atoms with E-state index in [0.717, 1.165) is 44.8 Å². The van der Waals surface area contributed by atoms with Crippen LogP contribution in [0.5, 0.6) is 0 Å². The molecule has 2 fully saturated rings. The van der Waals surface area contributed by atoms with Gasteiger partial charge in [-0.25, -0.2) is 0 Å². The van der Waals surface area contributed by atoms with Crippen LogP contribution >= 0.6 is 0 Å². The van der Waals surface area contributed by atoms with Gasteiger partial charge in [-0.2, -0.15) is 0 Å². The monoisotopic (exact) mass is 184 g/mol. The predicted octanol–water partition coefficient (Wildman–Crippen LogP) is 2.11. The lowest BCUT2D eigenvalue weighted by atomic mass is 9.89. The van der Waals surface area contributed by atoms with Crippen LogP contribution in [0.2, 0.25) is 0 Å². The zero-order valence-corrected chi connectivity index (χ0v) is 8.30. The number of aliphatic hydroxyl groups is 1. The van der Waals surface area contributed by atoms with Crippen LogP contribution in [0.15, 0.2) is 0 Å². The van der Waals surface area contributed by atoms with E-state index in [2.05, 4.69) is 0 Å². The third-order valence-electron chi connectivity index (χ3n) is 3.36. The van der Waals surface area contributed by atoms with Crippen LogP contribution in [0.1, 0.15) is 44.9 Å². The SMILES string of the molecule is OC1(CCC2CC2)CCCOCC1. The molecule has 2 aliphatic rings. The fourth-order valence-corrected chi connectivity index (χ4v) is 2.12. The van der Waals surface area contributed by atoms with E-state index in [1.165, 1.54) is 19.3 Å². The van der Waals surface area contributed by atoms with E-state index in [0.29, 0.717) is 0 Å². The Bertz CT molecular complexity index is 155. The minimum absolute atomic E-state index is 0.390. The number of hydrogen-bond donors (Lipinski definition) is 1. The number of hydrogen-bond acceptors (Lipinski definition) is 2. The Morgan fingerprint density at radius 1 is 1.23 bits per heavy atom. The molecular weight excluding hydrogens is 164 g/mol. The van der Waals surface area contributed by atoms with Gasteiger partial charge in [-0.15, -0.1) is 0 Å². The highest BCUT2D eigenvalue weighted by Crippen LogP contribution is 2.37. The smallest absolute Gasteiger partial charge is 0.0670 e. The van der Waals surface area contributed by atoms with E-state index in [9.17, 15) is 5.11 Å². The Balaban J connectivity index is 1.76. The Hall–Kier alpha value is -0.0800. The standard InChI is InChI=1S/C11H20O2/c12-11(6-4-10-2-3-10)5-1-8-13-9-7-11/h10,12H,1-9H2. The summed E-state index contributed by atoms with van der Waals surface area (Å²) in [6.07, 6.45) is 7.84. The van der Waals surface area contributed by atoms with Gasteiger partial charge in [0.2, 0.25) is 0 Å². The first-order valence-corrected chi connectivity index (χ1v) is 5.59. The lowest BCUT2D eigenvalue weighted by molar-refractivity contribution is 0.00775. The first-order chi connectivity index (χ1) is 6.29. The third-order valence-corrected chi connectivity index (χ3v) is 3.36. The molecule has 1 aliphatic heterocycles. The number of ether oxygens (including phenoxy) is 1. The lowest BCUT2D eigenvalue weighted by Crippen LogP contribution is -2.28. The summed E-state index contributed by atoms with van der Waals surface area (Å²) in [6, 6.07) is 0. The molecular formula is C11H20O2. The van der Waals surface area contributed by atoms with Gasteiger partial charge in [0.25, 0.3) is 0 Å². The molecule has 1 heterocycles. The molecule has 0 aromatic carbocycles. The van der Waals surface area contributed by atoms with Gasteiger partial charge in [-0.3, -0.25) is 0 Å². The van der Waals surface area contributed by atoms with E-state index >= 15 is 0 Å². The Kier molecular flexibility index (Phi) is 2.89. The molecule has 0 radical (unpaired) electrons. The minimum atomic E-state index is -0.390. The van der Waals surface area contributed by atoms with Crippen molar-refractivity contribution < 1.29 is 9.84 Å². The maximum Gasteiger partial charge on any atom is 0.0670 e. The molecule has 1 aliphatic carbocycles. The van der Waals surface area contributed by atoms with Gasteiger partial charge in [0, 0.05) is 13.2 Å². The van der Waals surface area contributed by atoms with Crippen molar-refractivity contribution in [3.8, 4) is 0 Å². The van der Waals surface area contributed by atoms with E-state index in [1.54, 1.807) is 0 Å². The van der Waals surface area contributed by atoms with Crippen molar-refractivity contribution in [3.05, 3.63) is 0 Å². The van der Waals surface area contributed by atoms with E-state index < -0.39 is 0 Å². The first kappa shape index (κ1) is 9.47. The van der Waals surface area contributed by atoms with Gasteiger partial charge >= 0.3 is 0 Å². The fourth-order valence-electron chi connectivity index (χ4n) is 2.12. The quantitative estimate of drug-likeness (QED) is 0.728. The van der Waals surface area contributed by atoms with Crippen molar-refractivity contribution in [2.45, 2.75) is 50.5 Å². The molecule has 0 aromatic heterocycles. The summed E-state index contributed by atoms with van der Waals surface area (Å²) in [5.74, 6) is 0.938. The molecule has 2 nitrogen and oxygen atoms in total. The largest absolute Gasteiger partial charge is 0.390 e. The van der Waals surface area contributed by atoms with Gasteiger partial charge in [0.1, 0.15) is 0 Å². The Morgan fingerprint density at radius 3 is 2.85 bits per heavy atom. The van der Waals surface area contributed by atoms with Crippen molar-refractivity contribution in [1.29, 1.82) is 0 Å². The summed E-state index contributed by atoms with van der Waals surface area (Å²) in [6.45, 7) is 1.59. The van der Waals surface area contributed by atoms with Crippen molar-refractivity contribution >= 4 is 0 Å². The zero-order chi connectivity index (χ0) is 9.15. The molecule has 0 bridgehead atoms. The predicted molar refractivity (Wildman–Crippen MR) is 51.6 cm³/mol. The molecule has 76 valence electrons. The first-order valence-electron chi connectivity index (χ1n) is 5.59. The molecule has 1 saturated carbocycles. The van der Waals surface area contributed by atoms with Gasteiger partial charge in [-0.05, 0) is 38.0 Å². The summed E-state index contributed by atoms with van der Waals surface area (Å²) in [5, 5.41) is 10.2. The van der Waals surface area contributed by atoms with E-state index in [4.69, 9.17) is 4.74 Å². The summed E-state index contributed by atoms with van der Waals surface area (Å²) in [4.78, 5) is 0. The summed E-state index contributed by atoms with van der Waals surface area (Å²) < 4.78 is 5.35. The van der Waals surface area contributed by atoms with Gasteiger partial charge < -0.3 is 9.84 Å². The molecule has 0 spiro atoms. The summed E-state index contributed by atoms with van der Waals surface area (Å²) >= 11 is 0. The Labute approximate surface area is 80.3 Å². The average molecular weight is 184 g/mol. The average Bonchev–Trinajstić information content (AvgIpc) is 2.89. The maximum absolute atomic E-state index is 10.2. The highest BCUT2D eigenvalue weighted by Gasteiger charge is 2.31. The second-order valence-electron chi connectivity index (χ2n) is 4.67. The van der Waals surface area contributed by atoms with E-state index in [-0.39, 0.29) is 5.60 Å². The van der Waals surface area contributed by atoms with E-state index in [1.807, 2.05) is 0 Å². The highest BCUT2D eigenvalue weighted by molar-refractivity contribution is 4.83. The summed E-state index contributed by atoms with van der Waals surface area (Å²) in [5.41, 5.74) is -0.390. The van der Waals surface area contributed by atoms with Crippen LogP contribution in [0.3, 0.4) is 0 Å². The maximum atomic E-state index is 10.2. The van der Waals surface area contributed by atoms with Crippen molar-refractivity contribution in [2.75, 3.05) is 13.2 Å².